The van der Waals surface area contributed by atoms with Crippen molar-refractivity contribution in [1.82, 2.24) is 4.98 Å². The van der Waals surface area contributed by atoms with Gasteiger partial charge in [-0.25, -0.2) is 17.8 Å². The maximum Gasteiger partial charge on any atom is 0.271 e. The lowest BCUT2D eigenvalue weighted by Gasteiger charge is -2.07. The molecule has 3 aromatic rings. The van der Waals surface area contributed by atoms with Crippen LogP contribution < -0.4 is 4.72 Å². The zero-order valence-electron chi connectivity index (χ0n) is 12.7. The zero-order valence-corrected chi connectivity index (χ0v) is 15.1. The van der Waals surface area contributed by atoms with Gasteiger partial charge in [-0.2, -0.15) is 0 Å². The van der Waals surface area contributed by atoms with Gasteiger partial charge in [0.1, 0.15) is 10.0 Å². The first-order chi connectivity index (χ1) is 11.9. The highest BCUT2D eigenvalue weighted by Crippen LogP contribution is 2.41. The van der Waals surface area contributed by atoms with Crippen LogP contribution in [0.25, 0.3) is 10.6 Å². The normalized spacial score (nSPS) is 14.6. The lowest BCUT2D eigenvalue weighted by atomic mass is 10.3. The standard InChI is InChI=1S/C16H12ClFN2O3S2/c17-11-7-10(18)3-4-12(11)20-25(21,22)15-6-5-14(24-15)13-8-19-16(23-13)9-1-2-9/h3-9,20H,1-2H2. The quantitative estimate of drug-likeness (QED) is 0.665. The van der Waals surface area contributed by atoms with E-state index in [2.05, 4.69) is 9.71 Å². The van der Waals surface area contributed by atoms with Crippen LogP contribution in [0, 0.1) is 5.82 Å². The smallest absolute Gasteiger partial charge is 0.271 e. The van der Waals surface area contributed by atoms with Crippen LogP contribution in [0.4, 0.5) is 10.1 Å². The fraction of sp³-hybridized carbons (Fsp3) is 0.188. The SMILES string of the molecule is O=S(=O)(Nc1ccc(F)cc1Cl)c1ccc(-c2cnc(C3CC3)o2)s1. The second kappa shape index (κ2) is 6.12. The van der Waals surface area contributed by atoms with E-state index in [1.807, 2.05) is 0 Å². The molecule has 0 spiro atoms. The van der Waals surface area contributed by atoms with Gasteiger partial charge in [0.25, 0.3) is 10.0 Å². The molecule has 2 aromatic heterocycles. The molecule has 0 saturated heterocycles. The molecule has 1 aliphatic rings. The van der Waals surface area contributed by atoms with Gasteiger partial charge in [0.05, 0.1) is 21.8 Å². The number of hydrogen-bond donors (Lipinski definition) is 1. The third-order valence-corrected chi connectivity index (χ3v) is 6.98. The number of nitrogens with zero attached hydrogens (tertiary/aromatic N) is 1. The molecular weight excluding hydrogens is 387 g/mol. The minimum atomic E-state index is -3.83. The second-order valence-electron chi connectivity index (χ2n) is 5.69. The second-order valence-corrected chi connectivity index (χ2v) is 9.09. The monoisotopic (exact) mass is 398 g/mol. The van der Waals surface area contributed by atoms with Crippen LogP contribution in [0.5, 0.6) is 0 Å². The van der Waals surface area contributed by atoms with Crippen molar-refractivity contribution in [1.29, 1.82) is 0 Å². The molecule has 0 unspecified atom stereocenters. The third-order valence-electron chi connectivity index (χ3n) is 3.71. The molecule has 0 aliphatic heterocycles. The predicted molar refractivity (Wildman–Crippen MR) is 94.0 cm³/mol. The molecule has 0 atom stereocenters. The van der Waals surface area contributed by atoms with Crippen molar-refractivity contribution in [3.63, 3.8) is 0 Å². The summed E-state index contributed by atoms with van der Waals surface area (Å²) >= 11 is 6.94. The molecule has 0 radical (unpaired) electrons. The molecule has 5 nitrogen and oxygen atoms in total. The summed E-state index contributed by atoms with van der Waals surface area (Å²) in [5, 5.41) is -0.00957. The number of halogens is 2. The van der Waals surface area contributed by atoms with Gasteiger partial charge in [-0.1, -0.05) is 11.6 Å². The van der Waals surface area contributed by atoms with Gasteiger partial charge in [0, 0.05) is 5.92 Å². The molecule has 1 aliphatic carbocycles. The van der Waals surface area contributed by atoms with E-state index < -0.39 is 15.8 Å². The summed E-state index contributed by atoms with van der Waals surface area (Å²) in [5.41, 5.74) is 0.119. The summed E-state index contributed by atoms with van der Waals surface area (Å²) in [4.78, 5) is 4.91. The topological polar surface area (TPSA) is 72.2 Å². The third kappa shape index (κ3) is 3.42. The Morgan fingerprint density at radius 3 is 2.80 bits per heavy atom. The largest absolute Gasteiger partial charge is 0.440 e. The van der Waals surface area contributed by atoms with Crippen molar-refractivity contribution in [2.45, 2.75) is 23.0 Å². The number of sulfonamides is 1. The molecule has 0 amide bonds. The van der Waals surface area contributed by atoms with Crippen LogP contribution in [-0.4, -0.2) is 13.4 Å². The van der Waals surface area contributed by atoms with Crippen molar-refractivity contribution in [3.8, 4) is 10.6 Å². The van der Waals surface area contributed by atoms with E-state index >= 15 is 0 Å². The Bertz CT molecular complexity index is 1040. The predicted octanol–water partition coefficient (Wildman–Crippen LogP) is 4.87. The van der Waals surface area contributed by atoms with Gasteiger partial charge >= 0.3 is 0 Å². The molecule has 1 saturated carbocycles. The molecule has 4 rings (SSSR count). The van der Waals surface area contributed by atoms with Crippen molar-refractivity contribution < 1.29 is 17.2 Å². The Balaban J connectivity index is 1.59. The molecule has 1 aromatic carbocycles. The van der Waals surface area contributed by atoms with E-state index in [1.54, 1.807) is 12.3 Å². The summed E-state index contributed by atoms with van der Waals surface area (Å²) in [5.74, 6) is 1.10. The molecule has 1 fully saturated rings. The molecular formula is C16H12ClFN2O3S2. The number of aromatic nitrogens is 1. The number of oxazole rings is 1. The minimum Gasteiger partial charge on any atom is -0.440 e. The summed E-state index contributed by atoms with van der Waals surface area (Å²) in [6, 6.07) is 6.62. The average Bonchev–Trinajstić information content (AvgIpc) is 3.09. The fourth-order valence-corrected chi connectivity index (χ4v) is 4.89. The molecule has 2 heterocycles. The van der Waals surface area contributed by atoms with Crippen LogP contribution in [0.15, 0.2) is 45.2 Å². The molecule has 0 bridgehead atoms. The van der Waals surface area contributed by atoms with Gasteiger partial charge in [-0.05, 0) is 43.2 Å². The molecule has 1 N–H and O–H groups in total. The average molecular weight is 399 g/mol. The van der Waals surface area contributed by atoms with Gasteiger partial charge in [-0.3, -0.25) is 4.72 Å². The lowest BCUT2D eigenvalue weighted by molar-refractivity contribution is 0.510. The molecule has 130 valence electrons. The maximum atomic E-state index is 13.1. The number of nitrogens with one attached hydrogen (secondary N) is 1. The molecule has 25 heavy (non-hydrogen) atoms. The van der Waals surface area contributed by atoms with Crippen LogP contribution in [0.2, 0.25) is 5.02 Å². The number of thiophene rings is 1. The Morgan fingerprint density at radius 1 is 1.28 bits per heavy atom. The van der Waals surface area contributed by atoms with E-state index in [4.69, 9.17) is 16.0 Å². The first kappa shape index (κ1) is 16.6. The number of anilines is 1. The van der Waals surface area contributed by atoms with Gasteiger partial charge in [0.15, 0.2) is 11.7 Å². The van der Waals surface area contributed by atoms with Gasteiger partial charge < -0.3 is 4.42 Å². The van der Waals surface area contributed by atoms with Gasteiger partial charge in [0.2, 0.25) is 0 Å². The van der Waals surface area contributed by atoms with E-state index in [-0.39, 0.29) is 14.9 Å². The highest BCUT2D eigenvalue weighted by atomic mass is 35.5. The van der Waals surface area contributed by atoms with Gasteiger partial charge in [-0.15, -0.1) is 11.3 Å². The van der Waals surface area contributed by atoms with Crippen molar-refractivity contribution in [3.05, 3.63) is 53.3 Å². The van der Waals surface area contributed by atoms with Crippen molar-refractivity contribution >= 4 is 38.6 Å². The summed E-state index contributed by atoms with van der Waals surface area (Å²) < 4.78 is 46.3. The highest BCUT2D eigenvalue weighted by Gasteiger charge is 2.29. The first-order valence-electron chi connectivity index (χ1n) is 7.46. The fourth-order valence-electron chi connectivity index (χ4n) is 2.28. The van der Waals surface area contributed by atoms with E-state index in [9.17, 15) is 12.8 Å². The van der Waals surface area contributed by atoms with Crippen LogP contribution in [0.1, 0.15) is 24.7 Å². The van der Waals surface area contributed by atoms with E-state index in [0.717, 1.165) is 36.3 Å². The lowest BCUT2D eigenvalue weighted by Crippen LogP contribution is -2.11. The van der Waals surface area contributed by atoms with Crippen LogP contribution in [0.3, 0.4) is 0 Å². The zero-order chi connectivity index (χ0) is 17.6. The maximum absolute atomic E-state index is 13.1. The van der Waals surface area contributed by atoms with Crippen molar-refractivity contribution in [2.24, 2.45) is 0 Å². The van der Waals surface area contributed by atoms with E-state index in [1.165, 1.54) is 12.1 Å². The minimum absolute atomic E-state index is 0.00957. The van der Waals surface area contributed by atoms with E-state index in [0.29, 0.717) is 22.4 Å². The first-order valence-corrected chi connectivity index (χ1v) is 10.1. The van der Waals surface area contributed by atoms with Crippen LogP contribution >= 0.6 is 22.9 Å². The Hall–Kier alpha value is -1.90. The van der Waals surface area contributed by atoms with Crippen LogP contribution in [-0.2, 0) is 10.0 Å². The molecule has 9 heteroatoms. The Kier molecular flexibility index (Phi) is 4.05. The number of rotatable bonds is 5. The highest BCUT2D eigenvalue weighted by molar-refractivity contribution is 7.94. The number of hydrogen-bond acceptors (Lipinski definition) is 5. The summed E-state index contributed by atoms with van der Waals surface area (Å²) in [6.45, 7) is 0. The summed E-state index contributed by atoms with van der Waals surface area (Å²) in [6.07, 6.45) is 3.76. The summed E-state index contributed by atoms with van der Waals surface area (Å²) in [7, 11) is -3.83. The Morgan fingerprint density at radius 2 is 2.08 bits per heavy atom. The Labute approximate surface area is 152 Å². The number of benzene rings is 1. The van der Waals surface area contributed by atoms with Crippen molar-refractivity contribution in [2.75, 3.05) is 4.72 Å².